The second kappa shape index (κ2) is 6.75. The van der Waals surface area contributed by atoms with E-state index in [-0.39, 0.29) is 0 Å². The van der Waals surface area contributed by atoms with Gasteiger partial charge in [0, 0.05) is 17.1 Å². The number of hydrogen-bond donors (Lipinski definition) is 1. The van der Waals surface area contributed by atoms with E-state index in [9.17, 15) is 0 Å². The number of nitrogens with zero attached hydrogens (tertiary/aromatic N) is 2. The minimum atomic E-state index is 1.04. The standard InChI is InChI=1S/C21H23N3/c1-15-6-5-7-21(18(15)4)23-22-14-19-10-12-20(13-11-19)24-16(2)8-9-17(24)3/h5-14,23H,1-4H3/b22-14+. The molecule has 1 heterocycles. The van der Waals surface area contributed by atoms with Gasteiger partial charge >= 0.3 is 0 Å². The van der Waals surface area contributed by atoms with Crippen LogP contribution in [0.1, 0.15) is 28.1 Å². The zero-order chi connectivity index (χ0) is 17.1. The molecule has 24 heavy (non-hydrogen) atoms. The molecule has 3 heteroatoms. The van der Waals surface area contributed by atoms with Crippen molar-refractivity contribution in [2.45, 2.75) is 27.7 Å². The number of hydrogen-bond acceptors (Lipinski definition) is 2. The van der Waals surface area contributed by atoms with E-state index in [1.165, 1.54) is 28.2 Å². The van der Waals surface area contributed by atoms with Crippen LogP contribution in [-0.4, -0.2) is 10.8 Å². The first kappa shape index (κ1) is 16.1. The summed E-state index contributed by atoms with van der Waals surface area (Å²) in [6, 6.07) is 18.9. The first-order valence-electron chi connectivity index (χ1n) is 8.17. The first-order chi connectivity index (χ1) is 11.6. The number of anilines is 1. The SMILES string of the molecule is Cc1cccc(N/N=C/c2ccc(-n3c(C)ccc3C)cc2)c1C. The molecule has 0 radical (unpaired) electrons. The van der Waals surface area contributed by atoms with Crippen molar-refractivity contribution in [2.75, 3.05) is 5.43 Å². The third kappa shape index (κ3) is 3.25. The summed E-state index contributed by atoms with van der Waals surface area (Å²) >= 11 is 0. The van der Waals surface area contributed by atoms with Gasteiger partial charge in [0.1, 0.15) is 0 Å². The number of rotatable bonds is 4. The summed E-state index contributed by atoms with van der Waals surface area (Å²) in [5.41, 5.74) is 11.4. The molecule has 1 aromatic heterocycles. The van der Waals surface area contributed by atoms with E-state index >= 15 is 0 Å². The van der Waals surface area contributed by atoms with Crippen molar-refractivity contribution in [1.29, 1.82) is 0 Å². The lowest BCUT2D eigenvalue weighted by Gasteiger charge is -2.09. The van der Waals surface area contributed by atoms with Crippen LogP contribution in [0.4, 0.5) is 5.69 Å². The molecule has 2 aromatic carbocycles. The summed E-state index contributed by atoms with van der Waals surface area (Å²) in [5.74, 6) is 0. The van der Waals surface area contributed by atoms with E-state index in [2.05, 4.69) is 85.3 Å². The van der Waals surface area contributed by atoms with Crippen LogP contribution < -0.4 is 5.43 Å². The van der Waals surface area contributed by atoms with Gasteiger partial charge < -0.3 is 4.57 Å². The van der Waals surface area contributed by atoms with Crippen LogP contribution in [-0.2, 0) is 0 Å². The van der Waals surface area contributed by atoms with Gasteiger partial charge in [-0.3, -0.25) is 5.43 Å². The molecule has 0 saturated heterocycles. The summed E-state index contributed by atoms with van der Waals surface area (Å²) in [7, 11) is 0. The molecule has 0 fully saturated rings. The van der Waals surface area contributed by atoms with E-state index in [1.807, 2.05) is 18.3 Å². The fraction of sp³-hybridized carbons (Fsp3) is 0.190. The van der Waals surface area contributed by atoms with Gasteiger partial charge in [-0.05, 0) is 74.7 Å². The highest BCUT2D eigenvalue weighted by Gasteiger charge is 2.03. The largest absolute Gasteiger partial charge is 0.319 e. The van der Waals surface area contributed by atoms with E-state index in [1.54, 1.807) is 0 Å². The molecule has 0 amide bonds. The van der Waals surface area contributed by atoms with E-state index in [4.69, 9.17) is 0 Å². The zero-order valence-electron chi connectivity index (χ0n) is 14.7. The molecule has 0 aliphatic rings. The van der Waals surface area contributed by atoms with E-state index < -0.39 is 0 Å². The third-order valence-corrected chi connectivity index (χ3v) is 4.43. The Morgan fingerprint density at radius 3 is 2.17 bits per heavy atom. The summed E-state index contributed by atoms with van der Waals surface area (Å²) < 4.78 is 2.25. The van der Waals surface area contributed by atoms with Crippen LogP contribution in [0.3, 0.4) is 0 Å². The molecule has 0 spiro atoms. The minimum absolute atomic E-state index is 1.04. The molecule has 0 aliphatic heterocycles. The summed E-state index contributed by atoms with van der Waals surface area (Å²) in [6.45, 7) is 8.45. The average Bonchev–Trinajstić information content (AvgIpc) is 2.91. The van der Waals surface area contributed by atoms with Crippen molar-refractivity contribution in [3.05, 3.63) is 82.7 Å². The van der Waals surface area contributed by atoms with Crippen molar-refractivity contribution in [3.63, 3.8) is 0 Å². The molecule has 0 bridgehead atoms. The fourth-order valence-corrected chi connectivity index (χ4v) is 2.83. The Morgan fingerprint density at radius 1 is 0.833 bits per heavy atom. The van der Waals surface area contributed by atoms with Gasteiger partial charge in [0.15, 0.2) is 0 Å². The Labute approximate surface area is 143 Å². The van der Waals surface area contributed by atoms with Gasteiger partial charge in [0.25, 0.3) is 0 Å². The minimum Gasteiger partial charge on any atom is -0.319 e. The lowest BCUT2D eigenvalue weighted by molar-refractivity contribution is 0.966. The second-order valence-corrected chi connectivity index (χ2v) is 6.16. The molecule has 1 N–H and O–H groups in total. The predicted octanol–water partition coefficient (Wildman–Crippen LogP) is 5.16. The van der Waals surface area contributed by atoms with Crippen molar-refractivity contribution < 1.29 is 0 Å². The maximum absolute atomic E-state index is 4.36. The first-order valence-corrected chi connectivity index (χ1v) is 8.17. The average molecular weight is 317 g/mol. The van der Waals surface area contributed by atoms with Gasteiger partial charge in [-0.25, -0.2) is 0 Å². The molecule has 3 rings (SSSR count). The summed E-state index contributed by atoms with van der Waals surface area (Å²) in [6.07, 6.45) is 1.85. The van der Waals surface area contributed by atoms with Crippen LogP contribution in [0.2, 0.25) is 0 Å². The number of nitrogens with one attached hydrogen (secondary N) is 1. The zero-order valence-corrected chi connectivity index (χ0v) is 14.7. The van der Waals surface area contributed by atoms with Crippen molar-refractivity contribution in [1.82, 2.24) is 4.57 Å². The number of hydrazone groups is 1. The highest BCUT2D eigenvalue weighted by molar-refractivity contribution is 5.80. The Hall–Kier alpha value is -2.81. The Bertz CT molecular complexity index is 851. The number of aryl methyl sites for hydroxylation is 3. The molecule has 3 aromatic rings. The van der Waals surface area contributed by atoms with Crippen LogP contribution in [0, 0.1) is 27.7 Å². The highest BCUT2D eigenvalue weighted by Crippen LogP contribution is 2.18. The predicted molar refractivity (Wildman–Crippen MR) is 102 cm³/mol. The number of benzene rings is 2. The molecule has 0 unspecified atom stereocenters. The molecular weight excluding hydrogens is 294 g/mol. The van der Waals surface area contributed by atoms with Gasteiger partial charge in [-0.2, -0.15) is 5.10 Å². The smallest absolute Gasteiger partial charge is 0.0593 e. The highest BCUT2D eigenvalue weighted by atomic mass is 15.3. The van der Waals surface area contributed by atoms with Gasteiger partial charge in [0.2, 0.25) is 0 Å². The Kier molecular flexibility index (Phi) is 4.52. The maximum Gasteiger partial charge on any atom is 0.0593 e. The van der Waals surface area contributed by atoms with Crippen LogP contribution in [0.5, 0.6) is 0 Å². The van der Waals surface area contributed by atoms with Crippen molar-refractivity contribution >= 4 is 11.9 Å². The van der Waals surface area contributed by atoms with Crippen molar-refractivity contribution in [2.24, 2.45) is 5.10 Å². The van der Waals surface area contributed by atoms with Gasteiger partial charge in [-0.15, -0.1) is 0 Å². The molecule has 0 atom stereocenters. The second-order valence-electron chi connectivity index (χ2n) is 6.16. The van der Waals surface area contributed by atoms with Crippen LogP contribution >= 0.6 is 0 Å². The summed E-state index contributed by atoms with van der Waals surface area (Å²) in [5, 5.41) is 4.36. The molecular formula is C21H23N3. The van der Waals surface area contributed by atoms with Gasteiger partial charge in [0.05, 0.1) is 11.9 Å². The normalized spacial score (nSPS) is 11.2. The molecule has 3 nitrogen and oxygen atoms in total. The monoisotopic (exact) mass is 317 g/mol. The van der Waals surface area contributed by atoms with Crippen LogP contribution in [0.15, 0.2) is 59.7 Å². The Balaban J connectivity index is 1.74. The lowest BCUT2D eigenvalue weighted by atomic mass is 10.1. The number of aromatic nitrogens is 1. The lowest BCUT2D eigenvalue weighted by Crippen LogP contribution is -1.99. The maximum atomic E-state index is 4.36. The fourth-order valence-electron chi connectivity index (χ4n) is 2.83. The summed E-state index contributed by atoms with van der Waals surface area (Å²) in [4.78, 5) is 0. The molecule has 0 saturated carbocycles. The van der Waals surface area contributed by atoms with Crippen molar-refractivity contribution in [3.8, 4) is 5.69 Å². The molecule has 0 aliphatic carbocycles. The topological polar surface area (TPSA) is 29.3 Å². The van der Waals surface area contributed by atoms with Crippen LogP contribution in [0.25, 0.3) is 5.69 Å². The molecule has 122 valence electrons. The third-order valence-electron chi connectivity index (χ3n) is 4.43. The van der Waals surface area contributed by atoms with E-state index in [0.29, 0.717) is 0 Å². The Morgan fingerprint density at radius 2 is 1.50 bits per heavy atom. The van der Waals surface area contributed by atoms with E-state index in [0.717, 1.165) is 11.3 Å². The quantitative estimate of drug-likeness (QED) is 0.523. The van der Waals surface area contributed by atoms with Gasteiger partial charge in [-0.1, -0.05) is 24.3 Å².